The second-order valence-corrected chi connectivity index (χ2v) is 6.17. The molecule has 0 radical (unpaired) electrons. The highest BCUT2D eigenvalue weighted by Crippen LogP contribution is 2.33. The lowest BCUT2D eigenvalue weighted by Gasteiger charge is -2.37. The number of pyridine rings is 1. The summed E-state index contributed by atoms with van der Waals surface area (Å²) in [5.41, 5.74) is 0.700. The van der Waals surface area contributed by atoms with Crippen molar-refractivity contribution in [2.45, 2.75) is 32.3 Å². The molecule has 0 N–H and O–H groups in total. The zero-order valence-corrected chi connectivity index (χ0v) is 13.1. The number of anilines is 1. The van der Waals surface area contributed by atoms with Gasteiger partial charge in [-0.2, -0.15) is 0 Å². The van der Waals surface area contributed by atoms with Gasteiger partial charge in [-0.05, 0) is 45.0 Å². The van der Waals surface area contributed by atoms with Crippen molar-refractivity contribution in [3.63, 3.8) is 0 Å². The Morgan fingerprint density at radius 1 is 1.43 bits per heavy atom. The molecule has 1 saturated heterocycles. The molecule has 0 aliphatic carbocycles. The van der Waals surface area contributed by atoms with E-state index in [2.05, 4.69) is 4.98 Å². The molecule has 0 aromatic carbocycles. The van der Waals surface area contributed by atoms with Crippen molar-refractivity contribution in [3.8, 4) is 5.88 Å². The summed E-state index contributed by atoms with van der Waals surface area (Å²) in [6, 6.07) is 3.61. The summed E-state index contributed by atoms with van der Waals surface area (Å²) in [5.74, 6) is 0.406. The zero-order valence-electron chi connectivity index (χ0n) is 13.1. The van der Waals surface area contributed by atoms with Gasteiger partial charge in [0.25, 0.3) is 6.43 Å². The maximum Gasteiger partial charge on any atom is 0.251 e. The number of piperidine rings is 1. The van der Waals surface area contributed by atoms with Gasteiger partial charge in [-0.1, -0.05) is 0 Å². The maximum atomic E-state index is 12.9. The summed E-state index contributed by atoms with van der Waals surface area (Å²) in [5, 5.41) is 0. The first-order chi connectivity index (χ1) is 11.0. The molecule has 3 heterocycles. The first kappa shape index (κ1) is 16.1. The Balaban J connectivity index is 1.67. The topological polar surface area (TPSA) is 45.7 Å². The Morgan fingerprint density at radius 2 is 2.17 bits per heavy atom. The van der Waals surface area contributed by atoms with E-state index in [4.69, 9.17) is 4.74 Å². The van der Waals surface area contributed by atoms with E-state index in [0.29, 0.717) is 44.0 Å². The molecule has 126 valence electrons. The Bertz CT molecular complexity index is 562. The van der Waals surface area contributed by atoms with E-state index < -0.39 is 6.43 Å². The van der Waals surface area contributed by atoms with Crippen molar-refractivity contribution in [3.05, 3.63) is 18.3 Å². The van der Waals surface area contributed by atoms with Gasteiger partial charge < -0.3 is 9.64 Å². The molecule has 1 amide bonds. The van der Waals surface area contributed by atoms with Crippen LogP contribution in [0.25, 0.3) is 0 Å². The number of likely N-dealkylation sites (tertiary alicyclic amines) is 1. The van der Waals surface area contributed by atoms with Gasteiger partial charge in [-0.25, -0.2) is 13.8 Å². The van der Waals surface area contributed by atoms with Crippen LogP contribution in [0.1, 0.15) is 19.8 Å². The molecular formula is C16H21F2N3O2. The smallest absolute Gasteiger partial charge is 0.251 e. The predicted octanol–water partition coefficient (Wildman–Crippen LogP) is 2.17. The molecular weight excluding hydrogens is 304 g/mol. The van der Waals surface area contributed by atoms with Crippen molar-refractivity contribution >= 4 is 11.6 Å². The number of fused-ring (bicyclic) bond motifs is 1. The Kier molecular flexibility index (Phi) is 4.75. The van der Waals surface area contributed by atoms with E-state index in [1.54, 1.807) is 22.1 Å². The molecule has 1 atom stereocenters. The minimum atomic E-state index is -2.32. The number of ether oxygens (including phenoxy) is 1. The number of aromatic nitrogens is 1. The van der Waals surface area contributed by atoms with Crippen LogP contribution in [0.3, 0.4) is 0 Å². The van der Waals surface area contributed by atoms with Gasteiger partial charge in [0.2, 0.25) is 11.8 Å². The average molecular weight is 325 g/mol. The molecule has 7 heteroatoms. The molecule has 0 saturated carbocycles. The lowest BCUT2D eigenvalue weighted by atomic mass is 9.94. The third-order valence-corrected chi connectivity index (χ3v) is 4.39. The summed E-state index contributed by atoms with van der Waals surface area (Å²) < 4.78 is 30.5. The number of nitrogens with zero attached hydrogens (tertiary/aromatic N) is 3. The summed E-state index contributed by atoms with van der Waals surface area (Å²) >= 11 is 0. The molecule has 0 bridgehead atoms. The van der Waals surface area contributed by atoms with E-state index in [9.17, 15) is 13.6 Å². The molecule has 2 aliphatic heterocycles. The third-order valence-electron chi connectivity index (χ3n) is 4.39. The predicted molar refractivity (Wildman–Crippen MR) is 81.8 cm³/mol. The summed E-state index contributed by atoms with van der Waals surface area (Å²) in [7, 11) is 0. The number of hydrogen-bond donors (Lipinski definition) is 0. The maximum absolute atomic E-state index is 12.9. The highest BCUT2D eigenvalue weighted by molar-refractivity contribution is 5.96. The minimum absolute atomic E-state index is 0.0473. The molecule has 0 spiro atoms. The average Bonchev–Trinajstić information content (AvgIpc) is 2.53. The zero-order chi connectivity index (χ0) is 16.4. The number of carbonyl (C=O) groups is 1. The normalized spacial score (nSPS) is 22.8. The lowest BCUT2D eigenvalue weighted by molar-refractivity contribution is -0.124. The van der Waals surface area contributed by atoms with Crippen LogP contribution >= 0.6 is 0 Å². The Labute approximate surface area is 134 Å². The minimum Gasteiger partial charge on any atom is -0.471 e. The van der Waals surface area contributed by atoms with E-state index in [0.717, 1.165) is 0 Å². The van der Waals surface area contributed by atoms with Crippen LogP contribution in [-0.2, 0) is 4.79 Å². The lowest BCUT2D eigenvalue weighted by Crippen LogP contribution is -2.48. The molecule has 0 unspecified atom stereocenters. The molecule has 5 nitrogen and oxygen atoms in total. The standard InChI is InChI=1S/C16H21F2N3O2/c1-11-9-21(13-3-2-6-19-15(13)23-11)16(22)12-4-7-20(8-5-12)10-14(17)18/h2-3,6,11-12,14H,4-5,7-10H2,1H3/t11-/m1/s1. The van der Waals surface area contributed by atoms with E-state index in [-0.39, 0.29) is 24.5 Å². The van der Waals surface area contributed by atoms with Crippen molar-refractivity contribution < 1.29 is 18.3 Å². The number of hydrogen-bond acceptors (Lipinski definition) is 4. The number of rotatable bonds is 3. The van der Waals surface area contributed by atoms with E-state index in [1.165, 1.54) is 0 Å². The highest BCUT2D eigenvalue weighted by atomic mass is 19.3. The number of halogens is 2. The fourth-order valence-corrected chi connectivity index (χ4v) is 3.25. The molecule has 3 rings (SSSR count). The molecule has 1 aromatic heterocycles. The highest BCUT2D eigenvalue weighted by Gasteiger charge is 2.34. The Hall–Kier alpha value is -1.76. The number of alkyl halides is 2. The molecule has 23 heavy (non-hydrogen) atoms. The van der Waals surface area contributed by atoms with Gasteiger partial charge in [-0.3, -0.25) is 9.69 Å². The van der Waals surface area contributed by atoms with Crippen molar-refractivity contribution in [1.82, 2.24) is 9.88 Å². The summed E-state index contributed by atoms with van der Waals surface area (Å²) in [6.07, 6.45) is 0.447. The molecule has 1 aromatic rings. The van der Waals surface area contributed by atoms with Crippen LogP contribution in [0.15, 0.2) is 18.3 Å². The third kappa shape index (κ3) is 3.60. The number of amides is 1. The van der Waals surface area contributed by atoms with E-state index >= 15 is 0 Å². The Morgan fingerprint density at radius 3 is 2.87 bits per heavy atom. The fraction of sp³-hybridized carbons (Fsp3) is 0.625. The van der Waals surface area contributed by atoms with Crippen LogP contribution in [0, 0.1) is 5.92 Å². The van der Waals surface area contributed by atoms with Gasteiger partial charge in [0.15, 0.2) is 0 Å². The van der Waals surface area contributed by atoms with Gasteiger partial charge in [0.05, 0.1) is 13.1 Å². The van der Waals surface area contributed by atoms with Crippen molar-refractivity contribution in [2.75, 3.05) is 31.1 Å². The van der Waals surface area contributed by atoms with Crippen LogP contribution in [0.2, 0.25) is 0 Å². The van der Waals surface area contributed by atoms with Gasteiger partial charge in [0.1, 0.15) is 11.8 Å². The first-order valence-electron chi connectivity index (χ1n) is 7.98. The number of carbonyl (C=O) groups excluding carboxylic acids is 1. The van der Waals surface area contributed by atoms with Gasteiger partial charge >= 0.3 is 0 Å². The summed E-state index contributed by atoms with van der Waals surface area (Å²) in [4.78, 5) is 20.5. The monoisotopic (exact) mass is 325 g/mol. The van der Waals surface area contributed by atoms with Gasteiger partial charge in [0, 0.05) is 12.1 Å². The molecule has 2 aliphatic rings. The van der Waals surface area contributed by atoms with Crippen molar-refractivity contribution in [1.29, 1.82) is 0 Å². The molecule has 1 fully saturated rings. The second kappa shape index (κ2) is 6.78. The van der Waals surface area contributed by atoms with E-state index in [1.807, 2.05) is 13.0 Å². The largest absolute Gasteiger partial charge is 0.471 e. The first-order valence-corrected chi connectivity index (χ1v) is 7.98. The summed E-state index contributed by atoms with van der Waals surface area (Å²) in [6.45, 7) is 3.28. The van der Waals surface area contributed by atoms with Crippen molar-refractivity contribution in [2.24, 2.45) is 5.92 Å². The van der Waals surface area contributed by atoms with Crippen LogP contribution in [0.4, 0.5) is 14.5 Å². The van der Waals surface area contributed by atoms with Crippen LogP contribution in [-0.4, -0.2) is 54.5 Å². The quantitative estimate of drug-likeness (QED) is 0.854. The van der Waals surface area contributed by atoms with Crippen LogP contribution in [0.5, 0.6) is 5.88 Å². The SMILES string of the molecule is C[C@@H]1CN(C(=O)C2CCN(CC(F)F)CC2)c2cccnc2O1. The van der Waals surface area contributed by atoms with Crippen LogP contribution < -0.4 is 9.64 Å². The fourth-order valence-electron chi connectivity index (χ4n) is 3.25. The van der Waals surface area contributed by atoms with Gasteiger partial charge in [-0.15, -0.1) is 0 Å². The second-order valence-electron chi connectivity index (χ2n) is 6.17.